The molecule has 1 aliphatic carbocycles. The molecule has 7 nitrogen and oxygen atoms in total. The van der Waals surface area contributed by atoms with E-state index in [0.717, 1.165) is 34.5 Å². The van der Waals surface area contributed by atoms with Gasteiger partial charge >= 0.3 is 11.9 Å². The molecule has 4 rings (SSSR count). The number of benzene rings is 1. The summed E-state index contributed by atoms with van der Waals surface area (Å²) in [6, 6.07) is 7.70. The number of hydrogen-bond donors (Lipinski definition) is 1. The van der Waals surface area contributed by atoms with E-state index in [-0.39, 0.29) is 24.8 Å². The Labute approximate surface area is 173 Å². The Balaban J connectivity index is 1.54. The van der Waals surface area contributed by atoms with Gasteiger partial charge in [0, 0.05) is 12.6 Å². The Morgan fingerprint density at radius 3 is 2.53 bits per heavy atom. The third-order valence-electron chi connectivity index (χ3n) is 4.62. The van der Waals surface area contributed by atoms with Gasteiger partial charge in [-0.2, -0.15) is 13.2 Å². The predicted octanol–water partition coefficient (Wildman–Crippen LogP) is 3.11. The van der Waals surface area contributed by atoms with Gasteiger partial charge in [-0.15, -0.1) is 16.4 Å². The molecule has 0 spiro atoms. The topological polar surface area (TPSA) is 86.0 Å². The molecule has 0 amide bonds. The van der Waals surface area contributed by atoms with Gasteiger partial charge in [0.1, 0.15) is 0 Å². The van der Waals surface area contributed by atoms with Crippen LogP contribution in [-0.2, 0) is 22.7 Å². The number of rotatable bonds is 7. The Kier molecular flexibility index (Phi) is 5.32. The molecule has 3 aromatic rings. The zero-order valence-corrected chi connectivity index (χ0v) is 17.1. The normalized spacial score (nSPS) is 14.9. The van der Waals surface area contributed by atoms with Crippen LogP contribution in [0.15, 0.2) is 51.5 Å². The van der Waals surface area contributed by atoms with Crippen molar-refractivity contribution < 1.29 is 21.6 Å². The highest BCUT2D eigenvalue weighted by Gasteiger charge is 2.37. The molecule has 0 saturated heterocycles. The van der Waals surface area contributed by atoms with Crippen LogP contribution >= 0.6 is 11.3 Å². The third kappa shape index (κ3) is 4.07. The van der Waals surface area contributed by atoms with E-state index in [4.69, 9.17) is 0 Å². The van der Waals surface area contributed by atoms with Gasteiger partial charge in [-0.25, -0.2) is 22.6 Å². The van der Waals surface area contributed by atoms with E-state index in [0.29, 0.717) is 11.9 Å². The first-order chi connectivity index (χ1) is 14.2. The number of thiophene rings is 1. The van der Waals surface area contributed by atoms with Crippen LogP contribution in [0.4, 0.5) is 13.2 Å². The van der Waals surface area contributed by atoms with Gasteiger partial charge in [0.2, 0.25) is 10.0 Å². The van der Waals surface area contributed by atoms with Gasteiger partial charge in [0.15, 0.2) is 5.82 Å². The average molecular weight is 458 g/mol. The summed E-state index contributed by atoms with van der Waals surface area (Å²) in [7, 11) is -4.43. The minimum Gasteiger partial charge on any atom is -0.271 e. The lowest BCUT2D eigenvalue weighted by molar-refractivity contribution is -0.139. The first-order valence-corrected chi connectivity index (χ1v) is 11.4. The minimum absolute atomic E-state index is 0.0682. The van der Waals surface area contributed by atoms with Crippen LogP contribution in [0.3, 0.4) is 0 Å². The van der Waals surface area contributed by atoms with Crippen molar-refractivity contribution in [3.05, 3.63) is 57.8 Å². The number of alkyl halides is 3. The highest BCUT2D eigenvalue weighted by molar-refractivity contribution is 7.89. The number of halogens is 3. The van der Waals surface area contributed by atoms with E-state index in [2.05, 4.69) is 9.82 Å². The lowest BCUT2D eigenvalue weighted by atomic mass is 10.2. The predicted molar refractivity (Wildman–Crippen MR) is 105 cm³/mol. The molecule has 30 heavy (non-hydrogen) atoms. The van der Waals surface area contributed by atoms with Crippen molar-refractivity contribution in [1.82, 2.24) is 19.1 Å². The molecule has 12 heteroatoms. The Hall–Kier alpha value is -2.44. The molecule has 0 radical (unpaired) electrons. The van der Waals surface area contributed by atoms with Crippen LogP contribution in [0, 0.1) is 0 Å². The molecular formula is C18H17F3N4O3S2. The van der Waals surface area contributed by atoms with Crippen molar-refractivity contribution in [2.24, 2.45) is 0 Å². The van der Waals surface area contributed by atoms with E-state index in [1.807, 2.05) is 17.5 Å². The largest absolute Gasteiger partial charge is 0.417 e. The quantitative estimate of drug-likeness (QED) is 0.590. The van der Waals surface area contributed by atoms with Crippen LogP contribution in [0.25, 0.3) is 10.7 Å². The molecule has 1 aromatic carbocycles. The maximum atomic E-state index is 13.1. The number of sulfonamides is 1. The SMILES string of the molecule is O=c1n(CCNS(=O)(=O)c2ccccc2C(F)(F)F)nc(-c2cccs2)n1C1CC1. The van der Waals surface area contributed by atoms with Crippen LogP contribution in [-0.4, -0.2) is 29.3 Å². The van der Waals surface area contributed by atoms with E-state index in [1.165, 1.54) is 17.4 Å². The minimum atomic E-state index is -4.80. The summed E-state index contributed by atoms with van der Waals surface area (Å²) >= 11 is 1.43. The maximum Gasteiger partial charge on any atom is 0.417 e. The standard InChI is InChI=1S/C18H17F3N4O3S2/c19-18(20,21)13-4-1-2-6-15(13)30(27,28)22-9-10-24-17(26)25(12-7-8-12)16(23-24)14-5-3-11-29-14/h1-6,11-12,22H,7-10H2. The third-order valence-corrected chi connectivity index (χ3v) is 7.01. The summed E-state index contributed by atoms with van der Waals surface area (Å²) in [4.78, 5) is 12.7. The Bertz CT molecular complexity index is 1210. The molecule has 160 valence electrons. The second-order valence-electron chi connectivity index (χ2n) is 6.80. The number of hydrogen-bond acceptors (Lipinski definition) is 5. The second kappa shape index (κ2) is 7.67. The molecule has 2 aromatic heterocycles. The van der Waals surface area contributed by atoms with Gasteiger partial charge in [-0.05, 0) is 36.4 Å². The first-order valence-electron chi connectivity index (χ1n) is 9.07. The maximum absolute atomic E-state index is 13.1. The van der Waals surface area contributed by atoms with Gasteiger partial charge in [0.05, 0.1) is 21.9 Å². The number of aromatic nitrogens is 3. The van der Waals surface area contributed by atoms with Gasteiger partial charge < -0.3 is 0 Å². The van der Waals surface area contributed by atoms with Gasteiger partial charge in [-0.1, -0.05) is 18.2 Å². The lowest BCUT2D eigenvalue weighted by Gasteiger charge is -2.13. The smallest absolute Gasteiger partial charge is 0.271 e. The fraction of sp³-hybridized carbons (Fsp3) is 0.333. The molecule has 1 N–H and O–H groups in total. The Morgan fingerprint density at radius 1 is 1.17 bits per heavy atom. The van der Waals surface area contributed by atoms with Crippen molar-refractivity contribution in [3.8, 4) is 10.7 Å². The van der Waals surface area contributed by atoms with E-state index in [1.54, 1.807) is 4.57 Å². The number of nitrogens with zero attached hydrogens (tertiary/aromatic N) is 3. The zero-order valence-electron chi connectivity index (χ0n) is 15.5. The van der Waals surface area contributed by atoms with Crippen molar-refractivity contribution in [2.45, 2.75) is 36.5 Å². The lowest BCUT2D eigenvalue weighted by Crippen LogP contribution is -2.33. The highest BCUT2D eigenvalue weighted by atomic mass is 32.2. The molecule has 2 heterocycles. The molecule has 0 unspecified atom stereocenters. The van der Waals surface area contributed by atoms with E-state index >= 15 is 0 Å². The average Bonchev–Trinajstić information content (AvgIpc) is 3.26. The monoisotopic (exact) mass is 458 g/mol. The van der Waals surface area contributed by atoms with Crippen molar-refractivity contribution in [2.75, 3.05) is 6.54 Å². The van der Waals surface area contributed by atoms with Crippen molar-refractivity contribution >= 4 is 21.4 Å². The molecule has 0 aliphatic heterocycles. The van der Waals surface area contributed by atoms with Crippen LogP contribution in [0.1, 0.15) is 24.4 Å². The fourth-order valence-electron chi connectivity index (χ4n) is 3.10. The first kappa shape index (κ1) is 20.8. The second-order valence-corrected chi connectivity index (χ2v) is 9.48. The summed E-state index contributed by atoms with van der Waals surface area (Å²) in [5.41, 5.74) is -1.61. The van der Waals surface area contributed by atoms with E-state index < -0.39 is 26.7 Å². The molecule has 1 aliphatic rings. The summed E-state index contributed by atoms with van der Waals surface area (Å²) in [6.45, 7) is -0.385. The van der Waals surface area contributed by atoms with Crippen LogP contribution in [0.5, 0.6) is 0 Å². The van der Waals surface area contributed by atoms with E-state index in [9.17, 15) is 26.4 Å². The molecule has 1 saturated carbocycles. The Morgan fingerprint density at radius 2 is 1.90 bits per heavy atom. The number of nitrogens with one attached hydrogen (secondary N) is 1. The van der Waals surface area contributed by atoms with Gasteiger partial charge in [0.25, 0.3) is 0 Å². The zero-order chi connectivity index (χ0) is 21.5. The van der Waals surface area contributed by atoms with Crippen LogP contribution in [0.2, 0.25) is 0 Å². The molecule has 0 atom stereocenters. The molecular weight excluding hydrogens is 441 g/mol. The fourth-order valence-corrected chi connectivity index (χ4v) is 5.05. The summed E-state index contributed by atoms with van der Waals surface area (Å²) in [5.74, 6) is 0.516. The van der Waals surface area contributed by atoms with Crippen molar-refractivity contribution in [1.29, 1.82) is 0 Å². The highest BCUT2D eigenvalue weighted by Crippen LogP contribution is 2.37. The summed E-state index contributed by atoms with van der Waals surface area (Å²) in [6.07, 6.45) is -3.07. The summed E-state index contributed by atoms with van der Waals surface area (Å²) in [5, 5.41) is 6.19. The summed E-state index contributed by atoms with van der Waals surface area (Å²) < 4.78 is 69.1. The molecule has 1 fully saturated rings. The van der Waals surface area contributed by atoms with Crippen molar-refractivity contribution in [3.63, 3.8) is 0 Å². The molecule has 0 bridgehead atoms. The van der Waals surface area contributed by atoms with Crippen LogP contribution < -0.4 is 10.4 Å². The van der Waals surface area contributed by atoms with Gasteiger partial charge in [-0.3, -0.25) is 4.57 Å².